The van der Waals surface area contributed by atoms with Crippen LogP contribution < -0.4 is 10.1 Å². The van der Waals surface area contributed by atoms with Crippen molar-refractivity contribution in [3.8, 4) is 5.75 Å². The maximum atomic E-state index is 12.0. The third-order valence-corrected chi connectivity index (χ3v) is 2.26. The van der Waals surface area contributed by atoms with E-state index in [1.165, 1.54) is 30.5 Å². The molecule has 2 N–H and O–H groups in total. The summed E-state index contributed by atoms with van der Waals surface area (Å²) in [5, 5.41) is 11.9. The van der Waals surface area contributed by atoms with E-state index in [1.807, 2.05) is 0 Å². The molecule has 0 radical (unpaired) electrons. The van der Waals surface area contributed by atoms with Crippen LogP contribution in [0.15, 0.2) is 30.5 Å². The predicted molar refractivity (Wildman–Crippen MR) is 60.7 cm³/mol. The van der Waals surface area contributed by atoms with Gasteiger partial charge in [0.25, 0.3) is 5.91 Å². The summed E-state index contributed by atoms with van der Waals surface area (Å²) in [6.07, 6.45) is -3.46. The molecule has 0 spiro atoms. The van der Waals surface area contributed by atoms with Crippen molar-refractivity contribution in [2.24, 2.45) is 0 Å². The van der Waals surface area contributed by atoms with Crippen molar-refractivity contribution >= 4 is 5.91 Å². The van der Waals surface area contributed by atoms with Crippen molar-refractivity contribution in [1.29, 1.82) is 0 Å². The number of halogens is 3. The Bertz CT molecular complexity index is 566. The summed E-state index contributed by atoms with van der Waals surface area (Å²) in [5.74, 6) is -0.751. The molecule has 0 aliphatic rings. The summed E-state index contributed by atoms with van der Waals surface area (Å²) in [6, 6.07) is 5.18. The SMILES string of the molecule is O=C(NCc1ccc(OC(F)(F)F)cc1)c1cn[nH]n1. The highest BCUT2D eigenvalue weighted by atomic mass is 19.4. The molecule has 1 heterocycles. The molecule has 0 aliphatic heterocycles. The molecule has 1 aromatic carbocycles. The van der Waals surface area contributed by atoms with Crippen LogP contribution in [0, 0.1) is 0 Å². The lowest BCUT2D eigenvalue weighted by Gasteiger charge is -2.09. The Morgan fingerprint density at radius 3 is 2.55 bits per heavy atom. The van der Waals surface area contributed by atoms with Crippen LogP contribution >= 0.6 is 0 Å². The standard InChI is InChI=1S/C11H9F3N4O2/c12-11(13,14)20-8-3-1-7(2-4-8)5-15-10(19)9-6-16-18-17-9/h1-4,6H,5H2,(H,15,19)(H,16,17,18). The highest BCUT2D eigenvalue weighted by molar-refractivity contribution is 5.91. The minimum Gasteiger partial charge on any atom is -0.406 e. The maximum absolute atomic E-state index is 12.0. The number of aromatic nitrogens is 3. The van der Waals surface area contributed by atoms with Gasteiger partial charge < -0.3 is 10.1 Å². The van der Waals surface area contributed by atoms with Gasteiger partial charge in [0, 0.05) is 6.54 Å². The third-order valence-electron chi connectivity index (χ3n) is 2.26. The Labute approximate surface area is 110 Å². The normalized spacial score (nSPS) is 11.2. The Morgan fingerprint density at radius 2 is 2.00 bits per heavy atom. The summed E-state index contributed by atoms with van der Waals surface area (Å²) in [6.45, 7) is 0.151. The van der Waals surface area contributed by atoms with E-state index in [4.69, 9.17) is 0 Å². The molecule has 1 amide bonds. The van der Waals surface area contributed by atoms with E-state index in [0.29, 0.717) is 5.56 Å². The fraction of sp³-hybridized carbons (Fsp3) is 0.182. The molecular formula is C11H9F3N4O2. The largest absolute Gasteiger partial charge is 0.573 e. The first-order chi connectivity index (χ1) is 9.44. The van der Waals surface area contributed by atoms with Crippen LogP contribution in [0.4, 0.5) is 13.2 Å². The predicted octanol–water partition coefficient (Wildman–Crippen LogP) is 1.63. The molecule has 0 unspecified atom stereocenters. The number of alkyl halides is 3. The van der Waals surface area contributed by atoms with E-state index in [0.717, 1.165) is 0 Å². The van der Waals surface area contributed by atoms with Gasteiger partial charge >= 0.3 is 6.36 Å². The monoisotopic (exact) mass is 286 g/mol. The van der Waals surface area contributed by atoms with Crippen LogP contribution in [0.1, 0.15) is 16.1 Å². The number of rotatable bonds is 4. The van der Waals surface area contributed by atoms with Gasteiger partial charge in [0.15, 0.2) is 5.69 Å². The van der Waals surface area contributed by atoms with Crippen molar-refractivity contribution in [3.63, 3.8) is 0 Å². The lowest BCUT2D eigenvalue weighted by atomic mass is 10.2. The second kappa shape index (κ2) is 5.59. The average Bonchev–Trinajstić information content (AvgIpc) is 2.89. The van der Waals surface area contributed by atoms with Gasteiger partial charge in [0.1, 0.15) is 5.75 Å². The van der Waals surface area contributed by atoms with E-state index < -0.39 is 12.3 Å². The summed E-state index contributed by atoms with van der Waals surface area (Å²) >= 11 is 0. The number of nitrogens with zero attached hydrogens (tertiary/aromatic N) is 2. The van der Waals surface area contributed by atoms with Crippen molar-refractivity contribution in [1.82, 2.24) is 20.7 Å². The molecule has 0 saturated carbocycles. The van der Waals surface area contributed by atoms with Crippen LogP contribution in [0.2, 0.25) is 0 Å². The number of hydrogen-bond donors (Lipinski definition) is 2. The minimum absolute atomic E-state index is 0.127. The fourth-order valence-electron chi connectivity index (χ4n) is 1.39. The Kier molecular flexibility index (Phi) is 3.87. The summed E-state index contributed by atoms with van der Waals surface area (Å²) in [4.78, 5) is 11.5. The zero-order valence-electron chi connectivity index (χ0n) is 9.94. The van der Waals surface area contributed by atoms with E-state index in [1.54, 1.807) is 0 Å². The fourth-order valence-corrected chi connectivity index (χ4v) is 1.39. The zero-order chi connectivity index (χ0) is 14.6. The Morgan fingerprint density at radius 1 is 1.30 bits per heavy atom. The number of amides is 1. The van der Waals surface area contributed by atoms with Gasteiger partial charge in [-0.15, -0.1) is 13.2 Å². The molecule has 2 aromatic rings. The number of benzene rings is 1. The van der Waals surface area contributed by atoms with Gasteiger partial charge in [-0.05, 0) is 17.7 Å². The molecule has 2 rings (SSSR count). The number of aromatic amines is 1. The molecule has 20 heavy (non-hydrogen) atoms. The molecule has 0 aliphatic carbocycles. The number of carbonyl (C=O) groups excluding carboxylic acids is 1. The molecular weight excluding hydrogens is 277 g/mol. The lowest BCUT2D eigenvalue weighted by molar-refractivity contribution is -0.274. The Balaban J connectivity index is 1.89. The van der Waals surface area contributed by atoms with E-state index >= 15 is 0 Å². The first kappa shape index (κ1) is 13.8. The number of H-pyrrole nitrogens is 1. The second-order valence-electron chi connectivity index (χ2n) is 3.73. The number of hydrogen-bond acceptors (Lipinski definition) is 4. The number of ether oxygens (including phenoxy) is 1. The van der Waals surface area contributed by atoms with Crippen molar-refractivity contribution in [3.05, 3.63) is 41.7 Å². The van der Waals surface area contributed by atoms with E-state index in [9.17, 15) is 18.0 Å². The smallest absolute Gasteiger partial charge is 0.406 e. The zero-order valence-corrected chi connectivity index (χ0v) is 9.94. The molecule has 6 nitrogen and oxygen atoms in total. The van der Waals surface area contributed by atoms with Gasteiger partial charge in [-0.2, -0.15) is 15.4 Å². The number of carbonyl (C=O) groups is 1. The van der Waals surface area contributed by atoms with Gasteiger partial charge in [-0.1, -0.05) is 12.1 Å². The maximum Gasteiger partial charge on any atom is 0.573 e. The summed E-state index contributed by atoms with van der Waals surface area (Å²) in [5.41, 5.74) is 0.749. The summed E-state index contributed by atoms with van der Waals surface area (Å²) < 4.78 is 39.6. The van der Waals surface area contributed by atoms with Crippen molar-refractivity contribution in [2.75, 3.05) is 0 Å². The average molecular weight is 286 g/mol. The molecule has 0 atom stereocenters. The van der Waals surface area contributed by atoms with Gasteiger partial charge in [-0.3, -0.25) is 4.79 Å². The topological polar surface area (TPSA) is 79.9 Å². The molecule has 1 aromatic heterocycles. The molecule has 0 fully saturated rings. The van der Waals surface area contributed by atoms with Crippen LogP contribution in [0.5, 0.6) is 5.75 Å². The van der Waals surface area contributed by atoms with Gasteiger partial charge in [-0.25, -0.2) is 0 Å². The van der Waals surface area contributed by atoms with E-state index in [2.05, 4.69) is 25.5 Å². The quantitative estimate of drug-likeness (QED) is 0.895. The van der Waals surface area contributed by atoms with E-state index in [-0.39, 0.29) is 18.0 Å². The van der Waals surface area contributed by atoms with Gasteiger partial charge in [0.05, 0.1) is 6.20 Å². The van der Waals surface area contributed by atoms with Crippen LogP contribution in [-0.4, -0.2) is 27.7 Å². The molecule has 0 bridgehead atoms. The van der Waals surface area contributed by atoms with Crippen LogP contribution in [0.3, 0.4) is 0 Å². The molecule has 106 valence electrons. The first-order valence-corrected chi connectivity index (χ1v) is 5.43. The third kappa shape index (κ3) is 3.97. The molecule has 9 heteroatoms. The van der Waals surface area contributed by atoms with Crippen molar-refractivity contribution < 1.29 is 22.7 Å². The van der Waals surface area contributed by atoms with Crippen molar-refractivity contribution in [2.45, 2.75) is 12.9 Å². The number of nitrogens with one attached hydrogen (secondary N) is 2. The Hall–Kier alpha value is -2.58. The van der Waals surface area contributed by atoms with Gasteiger partial charge in [0.2, 0.25) is 0 Å². The lowest BCUT2D eigenvalue weighted by Crippen LogP contribution is -2.23. The molecule has 0 saturated heterocycles. The first-order valence-electron chi connectivity index (χ1n) is 5.43. The van der Waals surface area contributed by atoms with Crippen LogP contribution in [-0.2, 0) is 6.54 Å². The highest BCUT2D eigenvalue weighted by Crippen LogP contribution is 2.22. The highest BCUT2D eigenvalue weighted by Gasteiger charge is 2.30. The minimum atomic E-state index is -4.72. The summed E-state index contributed by atoms with van der Waals surface area (Å²) in [7, 11) is 0. The van der Waals surface area contributed by atoms with Crippen LogP contribution in [0.25, 0.3) is 0 Å². The second-order valence-corrected chi connectivity index (χ2v) is 3.73.